The van der Waals surface area contributed by atoms with Gasteiger partial charge in [0.2, 0.25) is 0 Å². The smallest absolute Gasteiger partial charge is 0.0183 e. The molecule has 1 aliphatic rings. The molecular weight excluding hydrogens is 226 g/mol. The zero-order valence-corrected chi connectivity index (χ0v) is 14.1. The van der Waals surface area contributed by atoms with E-state index in [4.69, 9.17) is 0 Å². The van der Waals surface area contributed by atoms with Crippen molar-refractivity contribution in [3.05, 3.63) is 0 Å². The van der Waals surface area contributed by atoms with Crippen LogP contribution in [-0.4, -0.2) is 23.3 Å². The van der Waals surface area contributed by atoms with Crippen LogP contribution in [0.25, 0.3) is 0 Å². The van der Waals surface area contributed by atoms with Gasteiger partial charge in [-0.2, -0.15) is 10.2 Å². The van der Waals surface area contributed by atoms with Crippen molar-refractivity contribution in [1.29, 1.82) is 0 Å². The van der Waals surface area contributed by atoms with E-state index in [1.807, 2.05) is 0 Å². The van der Waals surface area contributed by atoms with Crippen molar-refractivity contribution < 1.29 is 0 Å². The molecule has 1 N–H and O–H groups in total. The molecule has 1 aliphatic carbocycles. The summed E-state index contributed by atoms with van der Waals surface area (Å²) in [7, 11) is -0.732. The van der Waals surface area contributed by atoms with E-state index in [0.717, 1.165) is 28.9 Å². The van der Waals surface area contributed by atoms with Gasteiger partial charge in [0.15, 0.2) is 0 Å². The van der Waals surface area contributed by atoms with Gasteiger partial charge < -0.3 is 0 Å². The first kappa shape index (κ1) is 15.4. The van der Waals surface area contributed by atoms with Crippen LogP contribution in [0.15, 0.2) is 0 Å². The predicted molar refractivity (Wildman–Crippen MR) is 82.8 cm³/mol. The molecule has 0 heterocycles. The third kappa shape index (κ3) is 3.20. The van der Waals surface area contributed by atoms with Gasteiger partial charge in [0, 0.05) is 10.8 Å². The van der Waals surface area contributed by atoms with Crippen LogP contribution >= 0.6 is 10.2 Å². The summed E-state index contributed by atoms with van der Waals surface area (Å²) in [6, 6.07) is 0. The molecule has 17 heavy (non-hydrogen) atoms. The van der Waals surface area contributed by atoms with Gasteiger partial charge in [-0.15, -0.1) is 0 Å². The second-order valence-electron chi connectivity index (χ2n) is 7.66. The van der Waals surface area contributed by atoms with Crippen molar-refractivity contribution >= 4 is 10.2 Å². The van der Waals surface area contributed by atoms with Crippen LogP contribution in [0.5, 0.6) is 0 Å². The van der Waals surface area contributed by atoms with E-state index in [-0.39, 0.29) is 5.54 Å². The Bertz CT molecular complexity index is 253. The molecule has 0 saturated heterocycles. The molecule has 0 aromatic heterocycles. The van der Waals surface area contributed by atoms with Crippen LogP contribution in [0.2, 0.25) is 0 Å². The Morgan fingerprint density at radius 2 is 1.12 bits per heavy atom. The van der Waals surface area contributed by atoms with E-state index >= 15 is 0 Å². The average molecular weight is 260 g/mol. The van der Waals surface area contributed by atoms with Crippen molar-refractivity contribution in [2.45, 2.75) is 59.3 Å². The second kappa shape index (κ2) is 4.77. The van der Waals surface area contributed by atoms with Gasteiger partial charge in [-0.05, 0) is 57.0 Å². The standard InChI is InChI=1S/C15H33NS/c1-10-11(2)13(4)14(12(10)3)17(8,9)16-15(5,6)7/h10-14,16H,1-9H3/t10-,11?,12?,13?,14-/m1/s1. The van der Waals surface area contributed by atoms with E-state index in [1.54, 1.807) is 0 Å². The van der Waals surface area contributed by atoms with E-state index < -0.39 is 10.2 Å². The summed E-state index contributed by atoms with van der Waals surface area (Å²) in [5, 5.41) is 0.853. The molecular formula is C15H33NS. The highest BCUT2D eigenvalue weighted by Gasteiger charge is 2.47. The monoisotopic (exact) mass is 259 g/mol. The fourth-order valence-corrected chi connectivity index (χ4v) is 8.32. The number of hydrogen-bond donors (Lipinski definition) is 1. The third-order valence-electron chi connectivity index (χ3n) is 4.77. The Labute approximate surface area is 111 Å². The summed E-state index contributed by atoms with van der Waals surface area (Å²) in [6.07, 6.45) is 4.95. The van der Waals surface area contributed by atoms with Gasteiger partial charge >= 0.3 is 0 Å². The lowest BCUT2D eigenvalue weighted by Gasteiger charge is -2.48. The first-order chi connectivity index (χ1) is 7.47. The van der Waals surface area contributed by atoms with Crippen molar-refractivity contribution in [1.82, 2.24) is 4.72 Å². The molecule has 1 nitrogen and oxygen atoms in total. The average Bonchev–Trinajstić information content (AvgIpc) is 2.27. The Kier molecular flexibility index (Phi) is 4.31. The van der Waals surface area contributed by atoms with Crippen molar-refractivity contribution in [2.24, 2.45) is 23.7 Å². The first-order valence-corrected chi connectivity index (χ1v) is 9.50. The van der Waals surface area contributed by atoms with E-state index in [9.17, 15) is 0 Å². The molecule has 1 fully saturated rings. The van der Waals surface area contributed by atoms with E-state index in [2.05, 4.69) is 65.7 Å². The Hall–Kier alpha value is 0.310. The molecule has 0 amide bonds. The zero-order chi connectivity index (χ0) is 13.6. The fourth-order valence-electron chi connectivity index (χ4n) is 3.97. The number of rotatable bonds is 2. The Morgan fingerprint density at radius 3 is 1.41 bits per heavy atom. The maximum Gasteiger partial charge on any atom is 0.0183 e. The second-order valence-corrected chi connectivity index (χ2v) is 11.2. The molecule has 104 valence electrons. The molecule has 1 saturated carbocycles. The minimum atomic E-state index is -0.732. The maximum absolute atomic E-state index is 3.92. The quantitative estimate of drug-likeness (QED) is 0.780. The number of hydrogen-bond acceptors (Lipinski definition) is 1. The van der Waals surface area contributed by atoms with E-state index in [0.29, 0.717) is 0 Å². The molecule has 0 spiro atoms. The highest BCUT2D eigenvalue weighted by molar-refractivity contribution is 8.31. The largest absolute Gasteiger partial charge is 0.276 e. The van der Waals surface area contributed by atoms with Crippen LogP contribution in [-0.2, 0) is 0 Å². The Morgan fingerprint density at radius 1 is 0.765 bits per heavy atom. The summed E-state index contributed by atoms with van der Waals surface area (Å²) in [5.74, 6) is 3.42. The van der Waals surface area contributed by atoms with Crippen LogP contribution in [0.4, 0.5) is 0 Å². The molecule has 0 aromatic carbocycles. The molecule has 2 heteroatoms. The van der Waals surface area contributed by atoms with Crippen LogP contribution in [0.1, 0.15) is 48.5 Å². The third-order valence-corrected chi connectivity index (χ3v) is 8.13. The predicted octanol–water partition coefficient (Wildman–Crippen LogP) is 4.28. The Balaban J connectivity index is 2.91. The van der Waals surface area contributed by atoms with Gasteiger partial charge in [0.1, 0.15) is 0 Å². The summed E-state index contributed by atoms with van der Waals surface area (Å²) in [5.41, 5.74) is 0.230. The highest BCUT2D eigenvalue weighted by atomic mass is 32.3. The fraction of sp³-hybridized carbons (Fsp3) is 1.00. The van der Waals surface area contributed by atoms with Crippen LogP contribution in [0, 0.1) is 23.7 Å². The van der Waals surface area contributed by atoms with Gasteiger partial charge in [0.25, 0.3) is 0 Å². The molecule has 3 unspecified atom stereocenters. The van der Waals surface area contributed by atoms with Gasteiger partial charge in [-0.25, -0.2) is 0 Å². The molecule has 5 atom stereocenters. The van der Waals surface area contributed by atoms with Crippen molar-refractivity contribution in [3.63, 3.8) is 0 Å². The highest BCUT2D eigenvalue weighted by Crippen LogP contribution is 2.58. The minimum absolute atomic E-state index is 0.230. The number of nitrogens with one attached hydrogen (secondary N) is 1. The van der Waals surface area contributed by atoms with Crippen molar-refractivity contribution in [3.8, 4) is 0 Å². The zero-order valence-electron chi connectivity index (χ0n) is 13.3. The van der Waals surface area contributed by atoms with E-state index in [1.165, 1.54) is 0 Å². The molecule has 1 rings (SSSR count). The summed E-state index contributed by atoms with van der Waals surface area (Å²) in [6.45, 7) is 16.7. The molecule has 0 bridgehead atoms. The normalized spacial score (nSPS) is 40.6. The van der Waals surface area contributed by atoms with Gasteiger partial charge in [-0.3, -0.25) is 4.72 Å². The summed E-state index contributed by atoms with van der Waals surface area (Å²) >= 11 is 0. The van der Waals surface area contributed by atoms with Crippen molar-refractivity contribution in [2.75, 3.05) is 12.5 Å². The summed E-state index contributed by atoms with van der Waals surface area (Å²) in [4.78, 5) is 0. The van der Waals surface area contributed by atoms with Gasteiger partial charge in [-0.1, -0.05) is 27.7 Å². The lowest BCUT2D eigenvalue weighted by atomic mass is 9.92. The summed E-state index contributed by atoms with van der Waals surface area (Å²) < 4.78 is 3.92. The van der Waals surface area contributed by atoms with Crippen LogP contribution < -0.4 is 4.72 Å². The van der Waals surface area contributed by atoms with Gasteiger partial charge in [0.05, 0.1) is 0 Å². The molecule has 0 radical (unpaired) electrons. The first-order valence-electron chi connectivity index (χ1n) is 6.98. The topological polar surface area (TPSA) is 12.0 Å². The van der Waals surface area contributed by atoms with Crippen LogP contribution in [0.3, 0.4) is 0 Å². The lowest BCUT2D eigenvalue weighted by Crippen LogP contribution is -2.44. The minimum Gasteiger partial charge on any atom is -0.276 e. The maximum atomic E-state index is 3.92. The SMILES string of the molecule is CC1C(C)[C@H](S(C)(C)NC(C)(C)C)C(C)[C@@H]1C. The molecule has 0 aromatic rings. The lowest BCUT2D eigenvalue weighted by molar-refractivity contribution is 0.352. The molecule has 0 aliphatic heterocycles.